The Morgan fingerprint density at radius 1 is 0.960 bits per heavy atom. The summed E-state index contributed by atoms with van der Waals surface area (Å²) in [6.45, 7) is 2.73. The predicted octanol–water partition coefficient (Wildman–Crippen LogP) is 3.73. The van der Waals surface area contributed by atoms with E-state index in [-0.39, 0.29) is 6.61 Å². The van der Waals surface area contributed by atoms with E-state index in [4.69, 9.17) is 9.47 Å². The molecule has 0 spiro atoms. The molecule has 0 aromatic heterocycles. The Kier molecular flexibility index (Phi) is 7.26. The highest BCUT2D eigenvalue weighted by Crippen LogP contribution is 2.19. The van der Waals surface area contributed by atoms with Crippen molar-refractivity contribution in [2.75, 3.05) is 19.8 Å². The van der Waals surface area contributed by atoms with Crippen molar-refractivity contribution in [1.82, 2.24) is 0 Å². The molecule has 0 heterocycles. The maximum absolute atomic E-state index is 12.0. The van der Waals surface area contributed by atoms with Crippen LogP contribution in [0.5, 0.6) is 0 Å². The monoisotopic (exact) mass is 354 g/mol. The van der Waals surface area contributed by atoms with Crippen molar-refractivity contribution in [1.29, 1.82) is 0 Å². The molecule has 2 nitrogen and oxygen atoms in total. The summed E-state index contributed by atoms with van der Waals surface area (Å²) in [7, 11) is 0. The van der Waals surface area contributed by atoms with Crippen molar-refractivity contribution >= 4 is 12.2 Å². The molecule has 0 N–H and O–H groups in total. The second-order valence-corrected chi connectivity index (χ2v) is 6.37. The Morgan fingerprint density at radius 2 is 1.68 bits per heavy atom. The molecule has 1 atom stereocenters. The van der Waals surface area contributed by atoms with Crippen molar-refractivity contribution < 1.29 is 22.6 Å². The van der Waals surface area contributed by atoms with Crippen molar-refractivity contribution in [2.45, 2.75) is 44.4 Å². The molecule has 0 radical (unpaired) electrons. The first-order chi connectivity index (χ1) is 11.9. The molecule has 0 aliphatic heterocycles. The van der Waals surface area contributed by atoms with E-state index in [1.165, 1.54) is 5.22 Å². The van der Waals surface area contributed by atoms with Crippen molar-refractivity contribution in [3.8, 4) is 0 Å². The maximum atomic E-state index is 12.0. The van der Waals surface area contributed by atoms with Crippen LogP contribution in [-0.2, 0) is 9.47 Å². The summed E-state index contributed by atoms with van der Waals surface area (Å²) in [5, 5.41) is 2.31. The first-order valence-electron chi connectivity index (χ1n) is 8.64. The first kappa shape index (κ1) is 19.7. The van der Waals surface area contributed by atoms with Crippen LogP contribution in [0.25, 0.3) is 12.2 Å². The van der Waals surface area contributed by atoms with Gasteiger partial charge in [-0.1, -0.05) is 36.4 Å². The van der Waals surface area contributed by atoms with Gasteiger partial charge in [-0.3, -0.25) is 0 Å². The van der Waals surface area contributed by atoms with E-state index in [1.807, 2.05) is 31.2 Å². The van der Waals surface area contributed by atoms with Crippen LogP contribution in [0.3, 0.4) is 0 Å². The fourth-order valence-electron chi connectivity index (χ4n) is 2.65. The molecular formula is C20H25F3O2. The number of rotatable bonds is 9. The number of allylic oxidation sites excluding steroid dienone is 1. The van der Waals surface area contributed by atoms with E-state index in [2.05, 4.69) is 24.3 Å². The number of ether oxygens (including phenoxy) is 2. The van der Waals surface area contributed by atoms with Crippen LogP contribution >= 0.6 is 0 Å². The fourth-order valence-corrected chi connectivity index (χ4v) is 2.65. The Morgan fingerprint density at radius 3 is 2.44 bits per heavy atom. The molecule has 1 aromatic carbocycles. The fraction of sp³-hybridized carbons (Fsp3) is 0.500. The summed E-state index contributed by atoms with van der Waals surface area (Å²) in [5.41, 5.74) is -0.452. The van der Waals surface area contributed by atoms with Gasteiger partial charge in [0.15, 0.2) is 0 Å². The summed E-state index contributed by atoms with van der Waals surface area (Å²) in [4.78, 5) is 0. The first-order valence-corrected chi connectivity index (χ1v) is 8.64. The number of unbranched alkanes of at least 4 members (excludes halogenated alkanes) is 2. The predicted molar refractivity (Wildman–Crippen MR) is 93.5 cm³/mol. The van der Waals surface area contributed by atoms with Gasteiger partial charge in [-0.2, -0.15) is 13.2 Å². The standard InChI is InChI=1S/C20H25F3O2/c1-19(11-7-10-17-8-3-4-9-18(17)16-19)25-14-6-2-5-13-24-15-12-20(21,22)23/h3-4,7-11,16H,2,5-6,12-15H2,1H3. The molecule has 0 amide bonds. The average molecular weight is 354 g/mol. The van der Waals surface area contributed by atoms with Gasteiger partial charge < -0.3 is 9.47 Å². The highest BCUT2D eigenvalue weighted by atomic mass is 19.4. The van der Waals surface area contributed by atoms with Crippen LogP contribution in [0.15, 0.2) is 36.4 Å². The minimum atomic E-state index is -4.14. The van der Waals surface area contributed by atoms with Crippen LogP contribution in [0.2, 0.25) is 0 Å². The number of hydrogen-bond donors (Lipinski definition) is 0. The van der Waals surface area contributed by atoms with Crippen LogP contribution < -0.4 is 10.4 Å². The van der Waals surface area contributed by atoms with E-state index in [9.17, 15) is 13.2 Å². The van der Waals surface area contributed by atoms with Crippen molar-refractivity contribution in [2.24, 2.45) is 0 Å². The normalized spacial score (nSPS) is 19.7. The summed E-state index contributed by atoms with van der Waals surface area (Å²) in [5.74, 6) is 0. The number of hydrogen-bond acceptors (Lipinski definition) is 2. The quantitative estimate of drug-likeness (QED) is 0.629. The molecule has 0 saturated heterocycles. The van der Waals surface area contributed by atoms with E-state index in [0.29, 0.717) is 13.2 Å². The maximum Gasteiger partial charge on any atom is 0.391 e. The van der Waals surface area contributed by atoms with Crippen LogP contribution in [0.1, 0.15) is 32.6 Å². The molecule has 1 unspecified atom stereocenters. The molecule has 0 fully saturated rings. The lowest BCUT2D eigenvalue weighted by Crippen LogP contribution is -2.30. The molecule has 1 aliphatic rings. The highest BCUT2D eigenvalue weighted by Gasteiger charge is 2.26. The summed E-state index contributed by atoms with van der Waals surface area (Å²) in [6.07, 6.45) is 5.68. The second kappa shape index (κ2) is 9.20. The molecule has 0 saturated carbocycles. The summed E-state index contributed by atoms with van der Waals surface area (Å²) in [6, 6.07) is 8.16. The van der Waals surface area contributed by atoms with Gasteiger partial charge >= 0.3 is 6.18 Å². The van der Waals surface area contributed by atoms with Gasteiger partial charge in [0.2, 0.25) is 0 Å². The van der Waals surface area contributed by atoms with Gasteiger partial charge in [0, 0.05) is 13.2 Å². The van der Waals surface area contributed by atoms with E-state index in [1.54, 1.807) is 0 Å². The van der Waals surface area contributed by atoms with Crippen LogP contribution in [-0.4, -0.2) is 31.6 Å². The Balaban J connectivity index is 1.66. The highest BCUT2D eigenvalue weighted by molar-refractivity contribution is 5.50. The topological polar surface area (TPSA) is 18.5 Å². The number of benzene rings is 1. The zero-order valence-electron chi connectivity index (χ0n) is 14.5. The molecule has 2 rings (SSSR count). The molecule has 1 aromatic rings. The Bertz CT molecular complexity index is 679. The largest absolute Gasteiger partial charge is 0.391 e. The lowest BCUT2D eigenvalue weighted by atomic mass is 10.0. The van der Waals surface area contributed by atoms with Crippen LogP contribution in [0, 0.1) is 0 Å². The van der Waals surface area contributed by atoms with Crippen molar-refractivity contribution in [3.63, 3.8) is 0 Å². The van der Waals surface area contributed by atoms with E-state index >= 15 is 0 Å². The smallest absolute Gasteiger partial charge is 0.381 e. The third kappa shape index (κ3) is 7.45. The summed E-state index contributed by atoms with van der Waals surface area (Å²) >= 11 is 0. The zero-order valence-corrected chi connectivity index (χ0v) is 14.5. The average Bonchev–Trinajstić information content (AvgIpc) is 2.70. The van der Waals surface area contributed by atoms with Gasteiger partial charge in [0.1, 0.15) is 5.60 Å². The third-order valence-electron chi connectivity index (χ3n) is 4.02. The Hall–Kier alpha value is -1.59. The van der Waals surface area contributed by atoms with Crippen LogP contribution in [0.4, 0.5) is 13.2 Å². The molecule has 1 aliphatic carbocycles. The van der Waals surface area contributed by atoms with Gasteiger partial charge in [-0.05, 0) is 48.8 Å². The summed E-state index contributed by atoms with van der Waals surface area (Å²) < 4.78 is 46.9. The number of alkyl halides is 3. The molecular weight excluding hydrogens is 329 g/mol. The molecule has 138 valence electrons. The SMILES string of the molecule is CC1(OCCCCCOCCC(F)(F)F)C=CC=c2ccccc2=C1. The van der Waals surface area contributed by atoms with Gasteiger partial charge in [-0.25, -0.2) is 0 Å². The molecule has 25 heavy (non-hydrogen) atoms. The third-order valence-corrected chi connectivity index (χ3v) is 4.02. The van der Waals surface area contributed by atoms with Gasteiger partial charge in [-0.15, -0.1) is 0 Å². The molecule has 0 bridgehead atoms. The van der Waals surface area contributed by atoms with E-state index in [0.717, 1.165) is 24.5 Å². The minimum Gasteiger partial charge on any atom is -0.381 e. The number of halogens is 3. The van der Waals surface area contributed by atoms with Gasteiger partial charge in [0.05, 0.1) is 13.0 Å². The van der Waals surface area contributed by atoms with Gasteiger partial charge in [0.25, 0.3) is 0 Å². The Labute approximate surface area is 146 Å². The molecule has 5 heteroatoms. The van der Waals surface area contributed by atoms with Crippen molar-refractivity contribution in [3.05, 3.63) is 46.9 Å². The number of fused-ring (bicyclic) bond motifs is 1. The lowest BCUT2D eigenvalue weighted by molar-refractivity contribution is -0.145. The minimum absolute atomic E-state index is 0.256. The second-order valence-electron chi connectivity index (χ2n) is 6.37. The van der Waals surface area contributed by atoms with E-state index < -0.39 is 18.2 Å². The zero-order chi connectivity index (χ0) is 18.2. The lowest BCUT2D eigenvalue weighted by Gasteiger charge is -2.22.